The zero-order valence-corrected chi connectivity index (χ0v) is 24.0. The highest BCUT2D eigenvalue weighted by molar-refractivity contribution is 6.28. The fraction of sp³-hybridized carbons (Fsp3) is 0.0750. The van der Waals surface area contributed by atoms with Gasteiger partial charge in [-0.1, -0.05) is 98.8 Å². The third-order valence-corrected chi connectivity index (χ3v) is 9.22. The molecule has 0 unspecified atom stereocenters. The van der Waals surface area contributed by atoms with Crippen molar-refractivity contribution in [1.29, 1.82) is 0 Å². The smallest absolute Gasteiger partial charge is 0.136 e. The molecule has 204 valence electrons. The minimum atomic E-state index is -0.110. The monoisotopic (exact) mass is 552 g/mol. The molecule has 0 fully saturated rings. The molecule has 2 aromatic heterocycles. The van der Waals surface area contributed by atoms with Gasteiger partial charge in [0.2, 0.25) is 0 Å². The van der Waals surface area contributed by atoms with Gasteiger partial charge in [0, 0.05) is 43.6 Å². The average Bonchev–Trinajstić information content (AvgIpc) is 3.44. The van der Waals surface area contributed by atoms with Crippen molar-refractivity contribution in [2.24, 2.45) is 0 Å². The molecule has 1 aliphatic heterocycles. The Kier molecular flexibility index (Phi) is 4.95. The van der Waals surface area contributed by atoms with Gasteiger partial charge in [-0.3, -0.25) is 0 Å². The van der Waals surface area contributed by atoms with E-state index in [2.05, 4.69) is 146 Å². The number of furan rings is 1. The quantitative estimate of drug-likeness (QED) is 0.200. The predicted molar refractivity (Wildman–Crippen MR) is 179 cm³/mol. The van der Waals surface area contributed by atoms with Crippen LogP contribution in [0.5, 0.6) is 0 Å². The lowest BCUT2D eigenvalue weighted by Gasteiger charge is -2.42. The van der Waals surface area contributed by atoms with Crippen LogP contribution in [0.1, 0.15) is 25.0 Å². The van der Waals surface area contributed by atoms with E-state index in [1.165, 1.54) is 27.9 Å². The predicted octanol–water partition coefficient (Wildman–Crippen LogP) is 11.1. The van der Waals surface area contributed by atoms with E-state index in [-0.39, 0.29) is 5.41 Å². The van der Waals surface area contributed by atoms with Crippen molar-refractivity contribution in [3.8, 4) is 11.3 Å². The van der Waals surface area contributed by atoms with Crippen molar-refractivity contribution in [3.05, 3.63) is 145 Å². The Morgan fingerprint density at radius 3 is 2.00 bits per heavy atom. The Hall–Kier alpha value is -5.41. The molecule has 0 saturated carbocycles. The molecule has 3 heteroatoms. The number of anilines is 3. The van der Waals surface area contributed by atoms with Gasteiger partial charge < -0.3 is 9.32 Å². The lowest BCUT2D eigenvalue weighted by atomic mass is 9.73. The van der Waals surface area contributed by atoms with Crippen LogP contribution in [0.3, 0.4) is 0 Å². The molecule has 0 radical (unpaired) electrons. The number of fused-ring (bicyclic) bond motifs is 9. The van der Waals surface area contributed by atoms with Crippen LogP contribution in [0.4, 0.5) is 17.1 Å². The van der Waals surface area contributed by atoms with Crippen LogP contribution in [-0.4, -0.2) is 4.98 Å². The lowest BCUT2D eigenvalue weighted by molar-refractivity contribution is 0.632. The molecule has 3 heterocycles. The van der Waals surface area contributed by atoms with Crippen molar-refractivity contribution in [2.45, 2.75) is 19.3 Å². The molecule has 3 nitrogen and oxygen atoms in total. The Morgan fingerprint density at radius 2 is 1.23 bits per heavy atom. The number of rotatable bonds is 2. The first-order chi connectivity index (χ1) is 21.1. The normalized spacial score (nSPS) is 14.0. The summed E-state index contributed by atoms with van der Waals surface area (Å²) in [4.78, 5) is 7.71. The van der Waals surface area contributed by atoms with Crippen molar-refractivity contribution >= 4 is 60.7 Å². The van der Waals surface area contributed by atoms with E-state index in [4.69, 9.17) is 9.40 Å². The summed E-state index contributed by atoms with van der Waals surface area (Å²) in [6.45, 7) is 4.65. The van der Waals surface area contributed by atoms with Crippen molar-refractivity contribution in [3.63, 3.8) is 0 Å². The first-order valence-electron chi connectivity index (χ1n) is 14.8. The lowest BCUT2D eigenvalue weighted by Crippen LogP contribution is -2.30. The largest absolute Gasteiger partial charge is 0.456 e. The topological polar surface area (TPSA) is 29.3 Å². The molecule has 9 rings (SSSR count). The second-order valence-electron chi connectivity index (χ2n) is 12.0. The SMILES string of the molecule is CC1(C)c2ccccc2N(c2ccc3nc(-c4ccccc4)c4ccc5oc6ccccc6c5c4c3c2)c2ccccc21. The summed E-state index contributed by atoms with van der Waals surface area (Å²) in [5, 5.41) is 5.66. The van der Waals surface area contributed by atoms with Crippen molar-refractivity contribution in [2.75, 3.05) is 4.90 Å². The summed E-state index contributed by atoms with van der Waals surface area (Å²) in [5.41, 5.74) is 10.9. The summed E-state index contributed by atoms with van der Waals surface area (Å²) in [6, 6.07) is 47.4. The van der Waals surface area contributed by atoms with E-state index in [0.717, 1.165) is 55.2 Å². The maximum Gasteiger partial charge on any atom is 0.136 e. The third kappa shape index (κ3) is 3.39. The molecule has 0 atom stereocenters. The fourth-order valence-corrected chi connectivity index (χ4v) is 7.20. The Labute approximate surface area is 249 Å². The number of aromatic nitrogens is 1. The molecular weight excluding hydrogens is 524 g/mol. The molecule has 0 aliphatic carbocycles. The van der Waals surface area contributed by atoms with E-state index in [0.29, 0.717) is 0 Å². The fourth-order valence-electron chi connectivity index (χ4n) is 7.20. The summed E-state index contributed by atoms with van der Waals surface area (Å²) in [5.74, 6) is 0. The Morgan fingerprint density at radius 1 is 0.558 bits per heavy atom. The minimum Gasteiger partial charge on any atom is -0.456 e. The number of hydrogen-bond donors (Lipinski definition) is 0. The van der Waals surface area contributed by atoms with Crippen LogP contribution in [0.2, 0.25) is 0 Å². The molecule has 0 saturated heterocycles. The van der Waals surface area contributed by atoms with Crippen molar-refractivity contribution < 1.29 is 4.42 Å². The molecule has 0 N–H and O–H groups in total. The number of hydrogen-bond acceptors (Lipinski definition) is 3. The maximum atomic E-state index is 6.39. The minimum absolute atomic E-state index is 0.110. The molecule has 8 aromatic rings. The van der Waals surface area contributed by atoms with Gasteiger partial charge in [0.25, 0.3) is 0 Å². The van der Waals surface area contributed by atoms with Crippen LogP contribution in [-0.2, 0) is 5.41 Å². The molecular formula is C40H28N2O. The van der Waals surface area contributed by atoms with Crippen LogP contribution < -0.4 is 4.90 Å². The standard InChI is InChI=1S/C40H28N2O/c1-40(2)30-15-7-9-17-33(30)42(34-18-10-8-16-31(34)40)26-20-22-32-29(24-26)37-28(39(41-32)25-12-4-3-5-13-25)21-23-36-38(37)27-14-6-11-19-35(27)43-36/h3-24H,1-2H3. The van der Waals surface area contributed by atoms with Crippen LogP contribution in [0, 0.1) is 0 Å². The highest BCUT2D eigenvalue weighted by atomic mass is 16.3. The number of pyridine rings is 1. The highest BCUT2D eigenvalue weighted by Gasteiger charge is 2.36. The molecule has 43 heavy (non-hydrogen) atoms. The van der Waals surface area contributed by atoms with Gasteiger partial charge in [-0.05, 0) is 59.7 Å². The van der Waals surface area contributed by atoms with E-state index < -0.39 is 0 Å². The van der Waals surface area contributed by atoms with E-state index >= 15 is 0 Å². The molecule has 0 spiro atoms. The van der Waals surface area contributed by atoms with Gasteiger partial charge in [-0.15, -0.1) is 0 Å². The highest BCUT2D eigenvalue weighted by Crippen LogP contribution is 2.52. The number of nitrogens with zero attached hydrogens (tertiary/aromatic N) is 2. The first kappa shape index (κ1) is 24.2. The second kappa shape index (κ2) is 8.80. The van der Waals surface area contributed by atoms with Gasteiger partial charge >= 0.3 is 0 Å². The Balaban J connectivity index is 1.41. The second-order valence-corrected chi connectivity index (χ2v) is 12.0. The van der Waals surface area contributed by atoms with Gasteiger partial charge in [0.15, 0.2) is 0 Å². The zero-order valence-electron chi connectivity index (χ0n) is 24.0. The summed E-state index contributed by atoms with van der Waals surface area (Å²) in [7, 11) is 0. The maximum absolute atomic E-state index is 6.39. The van der Waals surface area contributed by atoms with E-state index in [9.17, 15) is 0 Å². The zero-order chi connectivity index (χ0) is 28.7. The molecule has 1 aliphatic rings. The number of para-hydroxylation sites is 3. The number of benzene rings is 6. The first-order valence-corrected chi connectivity index (χ1v) is 14.8. The Bertz CT molecular complexity index is 2330. The van der Waals surface area contributed by atoms with Crippen molar-refractivity contribution in [1.82, 2.24) is 4.98 Å². The van der Waals surface area contributed by atoms with E-state index in [1.54, 1.807) is 0 Å². The summed E-state index contributed by atoms with van der Waals surface area (Å²) in [6.07, 6.45) is 0. The van der Waals surface area contributed by atoms with Crippen LogP contribution in [0.25, 0.3) is 54.9 Å². The van der Waals surface area contributed by atoms with Gasteiger partial charge in [0.05, 0.1) is 22.6 Å². The molecule has 0 amide bonds. The van der Waals surface area contributed by atoms with Gasteiger partial charge in [-0.25, -0.2) is 4.98 Å². The van der Waals surface area contributed by atoms with Crippen LogP contribution >= 0.6 is 0 Å². The molecule has 0 bridgehead atoms. The summed E-state index contributed by atoms with van der Waals surface area (Å²) < 4.78 is 6.39. The summed E-state index contributed by atoms with van der Waals surface area (Å²) >= 11 is 0. The molecule has 6 aromatic carbocycles. The van der Waals surface area contributed by atoms with Gasteiger partial charge in [-0.2, -0.15) is 0 Å². The van der Waals surface area contributed by atoms with Crippen LogP contribution in [0.15, 0.2) is 138 Å². The van der Waals surface area contributed by atoms with Gasteiger partial charge in [0.1, 0.15) is 11.2 Å². The van der Waals surface area contributed by atoms with E-state index in [1.807, 2.05) is 6.07 Å². The average molecular weight is 553 g/mol. The third-order valence-electron chi connectivity index (χ3n) is 9.22.